The Labute approximate surface area is 155 Å². The number of nitrogens with one attached hydrogen (secondary N) is 2. The van der Waals surface area contributed by atoms with Crippen LogP contribution in [-0.2, 0) is 16.0 Å². The van der Waals surface area contributed by atoms with Crippen LogP contribution in [0.15, 0.2) is 30.3 Å². The van der Waals surface area contributed by atoms with E-state index in [0.29, 0.717) is 6.54 Å². The molecule has 0 spiro atoms. The molecule has 3 N–H and O–H groups in total. The van der Waals surface area contributed by atoms with Crippen molar-refractivity contribution in [1.29, 1.82) is 0 Å². The van der Waals surface area contributed by atoms with Gasteiger partial charge in [-0.15, -0.1) is 0 Å². The lowest BCUT2D eigenvalue weighted by Gasteiger charge is -2.36. The lowest BCUT2D eigenvalue weighted by atomic mass is 9.98. The molecule has 1 saturated carbocycles. The molecule has 6 nitrogen and oxygen atoms in total. The Morgan fingerprint density at radius 1 is 1.27 bits per heavy atom. The fraction of sp³-hybridized carbons (Fsp3) is 0.600. The van der Waals surface area contributed by atoms with Crippen LogP contribution in [0.1, 0.15) is 37.7 Å². The van der Waals surface area contributed by atoms with Crippen LogP contribution in [0.25, 0.3) is 0 Å². The number of hydrogen-bond donors (Lipinski definition) is 3. The van der Waals surface area contributed by atoms with Gasteiger partial charge in [-0.1, -0.05) is 43.2 Å². The number of aliphatic hydroxyl groups excluding tert-OH is 1. The maximum absolute atomic E-state index is 12.6. The van der Waals surface area contributed by atoms with E-state index in [4.69, 9.17) is 0 Å². The second-order valence-corrected chi connectivity index (χ2v) is 7.48. The van der Waals surface area contributed by atoms with Crippen molar-refractivity contribution in [3.8, 4) is 0 Å². The minimum absolute atomic E-state index is 0.0344. The van der Waals surface area contributed by atoms with Gasteiger partial charge in [0.1, 0.15) is 0 Å². The third-order valence-electron chi connectivity index (χ3n) is 5.62. The Balaban J connectivity index is 1.59. The largest absolute Gasteiger partial charge is 0.394 e. The van der Waals surface area contributed by atoms with Crippen LogP contribution in [0.3, 0.4) is 0 Å². The van der Waals surface area contributed by atoms with Gasteiger partial charge in [0.05, 0.1) is 24.6 Å². The highest BCUT2D eigenvalue weighted by Crippen LogP contribution is 2.29. The SMILES string of the molecule is O=C(CC1C(=O)NCCN1CCc1ccccc1)NC1(CO)CCCC1. The topological polar surface area (TPSA) is 81.7 Å². The van der Waals surface area contributed by atoms with Crippen molar-refractivity contribution in [2.75, 3.05) is 26.2 Å². The molecule has 142 valence electrons. The number of nitrogens with zero attached hydrogens (tertiary/aromatic N) is 1. The van der Waals surface area contributed by atoms with E-state index in [1.54, 1.807) is 0 Å². The third-order valence-corrected chi connectivity index (χ3v) is 5.62. The molecular weight excluding hydrogens is 330 g/mol. The van der Waals surface area contributed by atoms with Crippen LogP contribution in [0, 0.1) is 0 Å². The van der Waals surface area contributed by atoms with Gasteiger partial charge in [-0.05, 0) is 24.8 Å². The van der Waals surface area contributed by atoms with E-state index in [1.807, 2.05) is 18.2 Å². The Bertz CT molecular complexity index is 614. The molecule has 1 unspecified atom stereocenters. The van der Waals surface area contributed by atoms with Crippen LogP contribution in [0.5, 0.6) is 0 Å². The van der Waals surface area contributed by atoms with Gasteiger partial charge in [0.2, 0.25) is 11.8 Å². The van der Waals surface area contributed by atoms with Gasteiger partial charge in [-0.25, -0.2) is 0 Å². The van der Waals surface area contributed by atoms with Gasteiger partial charge >= 0.3 is 0 Å². The average Bonchev–Trinajstić information content (AvgIpc) is 3.12. The summed E-state index contributed by atoms with van der Waals surface area (Å²) in [6.45, 7) is 2.09. The number of rotatable bonds is 7. The lowest BCUT2D eigenvalue weighted by Crippen LogP contribution is -2.58. The second-order valence-electron chi connectivity index (χ2n) is 7.48. The first-order chi connectivity index (χ1) is 12.6. The quantitative estimate of drug-likeness (QED) is 0.674. The molecule has 1 saturated heterocycles. The van der Waals surface area contributed by atoms with Crippen LogP contribution >= 0.6 is 0 Å². The van der Waals surface area contributed by atoms with Crippen molar-refractivity contribution in [3.05, 3.63) is 35.9 Å². The van der Waals surface area contributed by atoms with Crippen molar-refractivity contribution in [2.24, 2.45) is 0 Å². The van der Waals surface area contributed by atoms with Crippen molar-refractivity contribution in [3.63, 3.8) is 0 Å². The number of piperazine rings is 1. The highest BCUT2D eigenvalue weighted by molar-refractivity contribution is 5.89. The highest BCUT2D eigenvalue weighted by Gasteiger charge is 2.37. The molecule has 2 aliphatic rings. The predicted octanol–water partition coefficient (Wildman–Crippen LogP) is 0.841. The molecule has 1 aliphatic carbocycles. The average molecular weight is 359 g/mol. The molecule has 6 heteroatoms. The monoisotopic (exact) mass is 359 g/mol. The van der Waals surface area contributed by atoms with Crippen molar-refractivity contribution >= 4 is 11.8 Å². The van der Waals surface area contributed by atoms with E-state index >= 15 is 0 Å². The summed E-state index contributed by atoms with van der Waals surface area (Å²) in [5, 5.41) is 15.6. The summed E-state index contributed by atoms with van der Waals surface area (Å²) in [6.07, 6.45) is 4.66. The fourth-order valence-corrected chi connectivity index (χ4v) is 4.07. The molecule has 3 rings (SSSR count). The van der Waals surface area contributed by atoms with Gasteiger partial charge < -0.3 is 15.7 Å². The summed E-state index contributed by atoms with van der Waals surface area (Å²) in [4.78, 5) is 27.0. The smallest absolute Gasteiger partial charge is 0.237 e. The summed E-state index contributed by atoms with van der Waals surface area (Å²) in [5.74, 6) is -0.225. The Morgan fingerprint density at radius 3 is 2.69 bits per heavy atom. The third kappa shape index (κ3) is 4.62. The van der Waals surface area contributed by atoms with Gasteiger partial charge in [-0.3, -0.25) is 14.5 Å². The number of amides is 2. The summed E-state index contributed by atoms with van der Waals surface area (Å²) < 4.78 is 0. The van der Waals surface area contributed by atoms with E-state index < -0.39 is 11.6 Å². The van der Waals surface area contributed by atoms with Gasteiger partial charge in [0.15, 0.2) is 0 Å². The number of carbonyl (C=O) groups excluding carboxylic acids is 2. The molecule has 1 heterocycles. The Hall–Kier alpha value is -1.92. The van der Waals surface area contributed by atoms with Crippen LogP contribution < -0.4 is 10.6 Å². The van der Waals surface area contributed by atoms with Crippen molar-refractivity contribution in [2.45, 2.75) is 50.1 Å². The zero-order valence-corrected chi connectivity index (χ0v) is 15.2. The molecule has 0 aromatic heterocycles. The minimum Gasteiger partial charge on any atom is -0.394 e. The highest BCUT2D eigenvalue weighted by atomic mass is 16.3. The summed E-state index contributed by atoms with van der Waals surface area (Å²) >= 11 is 0. The van der Waals surface area contributed by atoms with Crippen LogP contribution in [0.4, 0.5) is 0 Å². The minimum atomic E-state index is -0.489. The first-order valence-corrected chi connectivity index (χ1v) is 9.59. The van der Waals surface area contributed by atoms with Crippen molar-refractivity contribution in [1.82, 2.24) is 15.5 Å². The maximum atomic E-state index is 12.6. The fourth-order valence-electron chi connectivity index (χ4n) is 4.07. The van der Waals surface area contributed by atoms with Crippen molar-refractivity contribution < 1.29 is 14.7 Å². The molecule has 2 amide bonds. The maximum Gasteiger partial charge on any atom is 0.237 e. The van der Waals surface area contributed by atoms with Crippen LogP contribution in [-0.4, -0.2) is 59.6 Å². The van der Waals surface area contributed by atoms with Gasteiger partial charge in [0.25, 0.3) is 0 Å². The molecule has 1 aliphatic heterocycles. The molecule has 1 atom stereocenters. The lowest BCUT2D eigenvalue weighted by molar-refractivity contribution is -0.134. The number of carbonyl (C=O) groups is 2. The van der Waals surface area contributed by atoms with Gasteiger partial charge in [0, 0.05) is 19.6 Å². The molecule has 2 fully saturated rings. The zero-order chi connectivity index (χ0) is 18.4. The Kier molecular flexibility index (Phi) is 6.27. The number of aliphatic hydroxyl groups is 1. The predicted molar refractivity (Wildman–Crippen MR) is 99.6 cm³/mol. The normalized spacial score (nSPS) is 22.8. The standard InChI is InChI=1S/C20H29N3O3/c24-15-20(9-4-5-10-20)22-18(25)14-17-19(26)21-11-13-23(17)12-8-16-6-2-1-3-7-16/h1-3,6-7,17,24H,4-5,8-15H2,(H,21,26)(H,22,25). The molecule has 1 aromatic rings. The second kappa shape index (κ2) is 8.64. The van der Waals surface area contributed by atoms with E-state index in [0.717, 1.165) is 45.2 Å². The first-order valence-electron chi connectivity index (χ1n) is 9.59. The van der Waals surface area contributed by atoms with E-state index in [2.05, 4.69) is 27.7 Å². The zero-order valence-electron chi connectivity index (χ0n) is 15.2. The van der Waals surface area contributed by atoms with Gasteiger partial charge in [-0.2, -0.15) is 0 Å². The first kappa shape index (κ1) is 18.9. The number of benzene rings is 1. The molecule has 26 heavy (non-hydrogen) atoms. The summed E-state index contributed by atoms with van der Waals surface area (Å²) in [6, 6.07) is 9.74. The number of hydrogen-bond acceptors (Lipinski definition) is 4. The summed E-state index contributed by atoms with van der Waals surface area (Å²) in [5.41, 5.74) is 0.740. The molecular formula is C20H29N3O3. The van der Waals surface area contributed by atoms with Crippen LogP contribution in [0.2, 0.25) is 0 Å². The Morgan fingerprint density at radius 2 is 2.00 bits per heavy atom. The molecule has 0 radical (unpaired) electrons. The van der Waals surface area contributed by atoms with E-state index in [-0.39, 0.29) is 24.8 Å². The molecule has 1 aromatic carbocycles. The van der Waals surface area contributed by atoms with E-state index in [9.17, 15) is 14.7 Å². The summed E-state index contributed by atoms with van der Waals surface area (Å²) in [7, 11) is 0. The molecule has 0 bridgehead atoms. The van der Waals surface area contributed by atoms with E-state index in [1.165, 1.54) is 5.56 Å².